The fourth-order valence-electron chi connectivity index (χ4n) is 4.76. The van der Waals surface area contributed by atoms with Gasteiger partial charge < -0.3 is 4.90 Å². The average molecular weight is 469 g/mol. The van der Waals surface area contributed by atoms with Crippen LogP contribution >= 0.6 is 0 Å². The zero-order valence-electron chi connectivity index (χ0n) is 20.9. The standard InChI is InChI=1S/C32H28N4/c1-4-25-13-8-23-11-16-28(19-31(23)34-25)36(27-15-10-22-7-6-21(3)33-30(22)18-27)29-17-12-24-9-14-26(5-2)35-32(24)20-29/h6-20H,4-5H2,1-3H3. The summed E-state index contributed by atoms with van der Waals surface area (Å²) in [5.41, 5.74) is 9.35. The van der Waals surface area contributed by atoms with Crippen LogP contribution in [-0.4, -0.2) is 15.0 Å². The first-order chi connectivity index (χ1) is 17.6. The molecule has 36 heavy (non-hydrogen) atoms. The fraction of sp³-hybridized carbons (Fsp3) is 0.156. The van der Waals surface area contributed by atoms with Gasteiger partial charge in [-0.1, -0.05) is 50.2 Å². The van der Waals surface area contributed by atoms with Crippen molar-refractivity contribution >= 4 is 49.8 Å². The number of rotatable bonds is 5. The summed E-state index contributed by atoms with van der Waals surface area (Å²) < 4.78 is 0. The molecule has 6 rings (SSSR count). The van der Waals surface area contributed by atoms with E-state index in [0.717, 1.165) is 79.7 Å². The zero-order valence-corrected chi connectivity index (χ0v) is 20.9. The van der Waals surface area contributed by atoms with E-state index in [2.05, 4.69) is 110 Å². The first-order valence-electron chi connectivity index (χ1n) is 12.6. The lowest BCUT2D eigenvalue weighted by Gasteiger charge is -2.26. The summed E-state index contributed by atoms with van der Waals surface area (Å²) in [6.45, 7) is 6.31. The van der Waals surface area contributed by atoms with Gasteiger partial charge in [-0.2, -0.15) is 0 Å². The molecule has 3 aromatic heterocycles. The molecule has 0 saturated heterocycles. The Hall–Kier alpha value is -4.31. The summed E-state index contributed by atoms with van der Waals surface area (Å²) >= 11 is 0. The monoisotopic (exact) mass is 468 g/mol. The van der Waals surface area contributed by atoms with Gasteiger partial charge in [-0.15, -0.1) is 0 Å². The van der Waals surface area contributed by atoms with Gasteiger partial charge in [0.05, 0.1) is 16.6 Å². The Morgan fingerprint density at radius 2 is 0.889 bits per heavy atom. The van der Waals surface area contributed by atoms with Crippen LogP contribution in [0.5, 0.6) is 0 Å². The summed E-state index contributed by atoms with van der Waals surface area (Å²) in [6, 6.07) is 32.2. The summed E-state index contributed by atoms with van der Waals surface area (Å²) in [5, 5.41) is 3.41. The molecule has 0 radical (unpaired) electrons. The maximum Gasteiger partial charge on any atom is 0.0726 e. The van der Waals surface area contributed by atoms with Crippen LogP contribution in [0.15, 0.2) is 91.0 Å². The Bertz CT molecular complexity index is 1650. The predicted octanol–water partition coefficient (Wildman–Crippen LogP) is 8.23. The molecule has 0 atom stereocenters. The van der Waals surface area contributed by atoms with Gasteiger partial charge in [0, 0.05) is 50.3 Å². The van der Waals surface area contributed by atoms with Gasteiger partial charge in [0.1, 0.15) is 0 Å². The van der Waals surface area contributed by atoms with Gasteiger partial charge in [0.2, 0.25) is 0 Å². The van der Waals surface area contributed by atoms with Crippen molar-refractivity contribution in [2.24, 2.45) is 0 Å². The van der Waals surface area contributed by atoms with E-state index in [-0.39, 0.29) is 0 Å². The third-order valence-corrected chi connectivity index (χ3v) is 6.78. The molecule has 0 spiro atoms. The van der Waals surface area contributed by atoms with Crippen LogP contribution in [0.3, 0.4) is 0 Å². The van der Waals surface area contributed by atoms with E-state index in [9.17, 15) is 0 Å². The highest BCUT2D eigenvalue weighted by atomic mass is 15.1. The minimum absolute atomic E-state index is 0.912. The van der Waals surface area contributed by atoms with E-state index < -0.39 is 0 Å². The van der Waals surface area contributed by atoms with Crippen LogP contribution in [0.4, 0.5) is 17.1 Å². The number of aryl methyl sites for hydroxylation is 3. The molecule has 4 nitrogen and oxygen atoms in total. The highest BCUT2D eigenvalue weighted by molar-refractivity contribution is 5.92. The smallest absolute Gasteiger partial charge is 0.0726 e. The molecule has 3 aromatic carbocycles. The summed E-state index contributed by atoms with van der Waals surface area (Å²) in [6.07, 6.45) is 1.82. The average Bonchev–Trinajstić information content (AvgIpc) is 2.92. The highest BCUT2D eigenvalue weighted by Gasteiger charge is 2.15. The molecule has 0 fully saturated rings. The van der Waals surface area contributed by atoms with E-state index in [1.165, 1.54) is 0 Å². The lowest BCUT2D eigenvalue weighted by molar-refractivity contribution is 1.06. The van der Waals surface area contributed by atoms with E-state index in [4.69, 9.17) is 15.0 Å². The van der Waals surface area contributed by atoms with Crippen LogP contribution < -0.4 is 4.90 Å². The third kappa shape index (κ3) is 4.05. The molecule has 4 heteroatoms. The number of aromatic nitrogens is 3. The maximum absolute atomic E-state index is 4.91. The van der Waals surface area contributed by atoms with E-state index >= 15 is 0 Å². The molecule has 3 heterocycles. The quantitative estimate of drug-likeness (QED) is 0.255. The predicted molar refractivity (Wildman–Crippen MR) is 151 cm³/mol. The van der Waals surface area contributed by atoms with Gasteiger partial charge >= 0.3 is 0 Å². The Kier molecular flexibility index (Phi) is 5.57. The molecular formula is C32H28N4. The summed E-state index contributed by atoms with van der Waals surface area (Å²) in [7, 11) is 0. The minimum atomic E-state index is 0.912. The summed E-state index contributed by atoms with van der Waals surface area (Å²) in [5.74, 6) is 0. The minimum Gasteiger partial charge on any atom is -0.310 e. The molecule has 0 amide bonds. The lowest BCUT2D eigenvalue weighted by Crippen LogP contribution is -2.10. The van der Waals surface area contributed by atoms with Gasteiger partial charge in [0.15, 0.2) is 0 Å². The Morgan fingerprint density at radius 1 is 0.500 bits per heavy atom. The normalized spacial score (nSPS) is 11.4. The summed E-state index contributed by atoms with van der Waals surface area (Å²) in [4.78, 5) is 16.9. The lowest BCUT2D eigenvalue weighted by atomic mass is 10.1. The molecule has 0 N–H and O–H groups in total. The Labute approximate surface area is 211 Å². The second kappa shape index (κ2) is 9.04. The molecule has 0 unspecified atom stereocenters. The molecule has 0 aliphatic heterocycles. The van der Waals surface area contributed by atoms with Crippen molar-refractivity contribution in [2.45, 2.75) is 33.6 Å². The second-order valence-electron chi connectivity index (χ2n) is 9.23. The van der Waals surface area contributed by atoms with Gasteiger partial charge in [-0.3, -0.25) is 15.0 Å². The number of fused-ring (bicyclic) bond motifs is 3. The van der Waals surface area contributed by atoms with Gasteiger partial charge in [-0.25, -0.2) is 0 Å². The first-order valence-corrected chi connectivity index (χ1v) is 12.6. The van der Waals surface area contributed by atoms with Crippen LogP contribution in [0.25, 0.3) is 32.7 Å². The van der Waals surface area contributed by atoms with E-state index in [1.807, 2.05) is 6.92 Å². The van der Waals surface area contributed by atoms with Crippen molar-refractivity contribution in [1.29, 1.82) is 0 Å². The third-order valence-electron chi connectivity index (χ3n) is 6.78. The molecular weight excluding hydrogens is 440 g/mol. The van der Waals surface area contributed by atoms with Crippen LogP contribution in [0, 0.1) is 6.92 Å². The molecule has 176 valence electrons. The number of anilines is 3. The molecule has 0 bridgehead atoms. The Morgan fingerprint density at radius 3 is 1.33 bits per heavy atom. The van der Waals surface area contributed by atoms with Gasteiger partial charge in [-0.05, 0) is 74.4 Å². The van der Waals surface area contributed by atoms with Crippen molar-refractivity contribution in [3.63, 3.8) is 0 Å². The number of pyridine rings is 3. The SMILES string of the molecule is CCc1ccc2ccc(N(c3ccc4ccc(C)nc4c3)c3ccc4ccc(CC)nc4c3)cc2n1. The molecule has 6 aromatic rings. The topological polar surface area (TPSA) is 41.9 Å². The highest BCUT2D eigenvalue weighted by Crippen LogP contribution is 2.38. The van der Waals surface area contributed by atoms with Gasteiger partial charge in [0.25, 0.3) is 0 Å². The number of nitrogens with zero attached hydrogens (tertiary/aromatic N) is 4. The van der Waals surface area contributed by atoms with Crippen molar-refractivity contribution in [3.8, 4) is 0 Å². The second-order valence-corrected chi connectivity index (χ2v) is 9.23. The molecule has 0 saturated carbocycles. The zero-order chi connectivity index (χ0) is 24.6. The maximum atomic E-state index is 4.91. The van der Waals surface area contributed by atoms with Crippen LogP contribution in [0.1, 0.15) is 30.9 Å². The van der Waals surface area contributed by atoms with Crippen molar-refractivity contribution in [1.82, 2.24) is 15.0 Å². The molecule has 0 aliphatic rings. The first kappa shape index (κ1) is 22.2. The number of hydrogen-bond donors (Lipinski definition) is 0. The van der Waals surface area contributed by atoms with Crippen molar-refractivity contribution < 1.29 is 0 Å². The number of hydrogen-bond acceptors (Lipinski definition) is 4. The van der Waals surface area contributed by atoms with Crippen molar-refractivity contribution in [2.75, 3.05) is 4.90 Å². The fourth-order valence-corrected chi connectivity index (χ4v) is 4.76. The van der Waals surface area contributed by atoms with E-state index in [0.29, 0.717) is 0 Å². The Balaban J connectivity index is 1.58. The number of benzene rings is 3. The van der Waals surface area contributed by atoms with Crippen LogP contribution in [0.2, 0.25) is 0 Å². The van der Waals surface area contributed by atoms with E-state index in [1.54, 1.807) is 0 Å². The molecule has 0 aliphatic carbocycles. The van der Waals surface area contributed by atoms with Crippen LogP contribution in [-0.2, 0) is 12.8 Å². The largest absolute Gasteiger partial charge is 0.310 e. The van der Waals surface area contributed by atoms with Crippen molar-refractivity contribution in [3.05, 3.63) is 108 Å².